The summed E-state index contributed by atoms with van der Waals surface area (Å²) < 4.78 is 67.9. The van der Waals surface area contributed by atoms with Crippen LogP contribution in [0, 0.1) is 0 Å². The molecule has 0 saturated carbocycles. The van der Waals surface area contributed by atoms with Crippen molar-refractivity contribution in [3.05, 3.63) is 18.3 Å². The molecule has 0 unspecified atom stereocenters. The number of pyridine rings is 1. The lowest BCUT2D eigenvalue weighted by atomic mass is 10.3. The average Bonchev–Trinajstić information content (AvgIpc) is 2.53. The van der Waals surface area contributed by atoms with Gasteiger partial charge in [0.1, 0.15) is 5.82 Å². The van der Waals surface area contributed by atoms with E-state index < -0.39 is 21.4 Å². The monoisotopic (exact) mass is 353 g/mol. The van der Waals surface area contributed by atoms with Crippen LogP contribution < -0.4 is 9.21 Å². The van der Waals surface area contributed by atoms with Crippen molar-refractivity contribution in [3.8, 4) is 0 Å². The summed E-state index contributed by atoms with van der Waals surface area (Å²) in [4.78, 5) is 6.10. The number of hydrogen-bond donors (Lipinski definition) is 0. The maximum atomic E-state index is 12.7. The van der Waals surface area contributed by atoms with Gasteiger partial charge in [0.2, 0.25) is 10.0 Å². The minimum Gasteiger partial charge on any atom is -0.378 e. The lowest BCUT2D eigenvalue weighted by molar-refractivity contribution is -0.126. The molecule has 1 saturated heterocycles. The van der Waals surface area contributed by atoms with E-state index in [0.29, 0.717) is 43.4 Å². The third-order valence-corrected chi connectivity index (χ3v) is 5.86. The molecule has 0 aliphatic carbocycles. The van der Waals surface area contributed by atoms with Gasteiger partial charge in [-0.25, -0.2) is 13.4 Å². The van der Waals surface area contributed by atoms with Gasteiger partial charge in [-0.05, 0) is 19.1 Å². The van der Waals surface area contributed by atoms with Crippen LogP contribution in [0.4, 0.5) is 24.7 Å². The van der Waals surface area contributed by atoms with E-state index in [1.165, 1.54) is 12.3 Å². The number of halogens is 3. The van der Waals surface area contributed by atoms with Gasteiger partial charge in [-0.2, -0.15) is 13.2 Å². The number of alkyl halides is 3. The Labute approximate surface area is 132 Å². The van der Waals surface area contributed by atoms with Gasteiger partial charge in [-0.1, -0.05) is 0 Å². The van der Waals surface area contributed by atoms with Gasteiger partial charge in [-0.3, -0.25) is 4.31 Å². The molecule has 10 heteroatoms. The smallest absolute Gasteiger partial charge is 0.378 e. The molecule has 1 fully saturated rings. The fourth-order valence-corrected chi connectivity index (χ4v) is 3.31. The first-order valence-corrected chi connectivity index (χ1v) is 8.47. The van der Waals surface area contributed by atoms with E-state index in [-0.39, 0.29) is 5.69 Å². The molecule has 0 bridgehead atoms. The molecule has 0 spiro atoms. The molecule has 6 nitrogen and oxygen atoms in total. The van der Waals surface area contributed by atoms with Crippen LogP contribution in [0.25, 0.3) is 0 Å². The predicted molar refractivity (Wildman–Crippen MR) is 80.1 cm³/mol. The second-order valence-electron chi connectivity index (χ2n) is 5.17. The Morgan fingerprint density at radius 3 is 2.39 bits per heavy atom. The molecule has 1 aliphatic heterocycles. The molecule has 2 rings (SSSR count). The quantitative estimate of drug-likeness (QED) is 0.823. The van der Waals surface area contributed by atoms with Gasteiger partial charge < -0.3 is 9.64 Å². The van der Waals surface area contributed by atoms with Crippen LogP contribution in [-0.2, 0) is 14.8 Å². The summed E-state index contributed by atoms with van der Waals surface area (Å²) in [5, 5.41) is -2.49. The van der Waals surface area contributed by atoms with Gasteiger partial charge in [-0.15, -0.1) is 0 Å². The number of sulfonamides is 1. The average molecular weight is 353 g/mol. The first-order valence-electron chi connectivity index (χ1n) is 6.97. The molecule has 2 heterocycles. The van der Waals surface area contributed by atoms with Crippen molar-refractivity contribution < 1.29 is 26.3 Å². The molecule has 1 atom stereocenters. The van der Waals surface area contributed by atoms with Gasteiger partial charge in [0.25, 0.3) is 0 Å². The Hall–Kier alpha value is -1.55. The summed E-state index contributed by atoms with van der Waals surface area (Å²) in [6.07, 6.45) is -3.57. The molecule has 1 aliphatic rings. The highest BCUT2D eigenvalue weighted by molar-refractivity contribution is 7.93. The van der Waals surface area contributed by atoms with Crippen molar-refractivity contribution in [1.29, 1.82) is 0 Å². The van der Waals surface area contributed by atoms with Crippen molar-refractivity contribution in [3.63, 3.8) is 0 Å². The number of morpholine rings is 1. The molecule has 0 amide bonds. The topological polar surface area (TPSA) is 62.7 Å². The standard InChI is InChI=1S/C13H18F3N3O3S/c1-10(13(14,15)16)23(20,21)18(2)11-3-4-12(17-9-11)19-5-7-22-8-6-19/h3-4,9-10H,5-8H2,1-2H3/t10-/m0/s1. The molecule has 130 valence electrons. The first kappa shape index (κ1) is 17.8. The van der Waals surface area contributed by atoms with Crippen molar-refractivity contribution in [2.24, 2.45) is 0 Å². The lowest BCUT2D eigenvalue weighted by Crippen LogP contribution is -2.42. The summed E-state index contributed by atoms with van der Waals surface area (Å²) in [6.45, 7) is 3.08. The largest absolute Gasteiger partial charge is 0.407 e. The zero-order valence-electron chi connectivity index (χ0n) is 12.7. The van der Waals surface area contributed by atoms with E-state index in [2.05, 4.69) is 4.98 Å². The van der Waals surface area contributed by atoms with Crippen molar-refractivity contribution >= 4 is 21.5 Å². The fraction of sp³-hybridized carbons (Fsp3) is 0.615. The molecule has 1 aromatic rings. The third-order valence-electron chi connectivity index (χ3n) is 3.72. The van der Waals surface area contributed by atoms with Crippen LogP contribution >= 0.6 is 0 Å². The molecule has 23 heavy (non-hydrogen) atoms. The van der Waals surface area contributed by atoms with E-state index in [4.69, 9.17) is 4.74 Å². The fourth-order valence-electron chi connectivity index (χ4n) is 2.10. The number of aromatic nitrogens is 1. The maximum absolute atomic E-state index is 12.7. The first-order chi connectivity index (χ1) is 10.6. The van der Waals surface area contributed by atoms with Crippen molar-refractivity contribution in [2.45, 2.75) is 18.3 Å². The van der Waals surface area contributed by atoms with E-state index in [1.807, 2.05) is 4.90 Å². The van der Waals surface area contributed by atoms with E-state index in [1.54, 1.807) is 6.07 Å². The highest BCUT2D eigenvalue weighted by Crippen LogP contribution is 2.29. The SMILES string of the molecule is C[C@@H](C(F)(F)F)S(=O)(=O)N(C)c1ccc(N2CCOCC2)nc1. The number of nitrogens with zero attached hydrogens (tertiary/aromatic N) is 3. The van der Waals surface area contributed by atoms with E-state index in [9.17, 15) is 21.6 Å². The normalized spacial score (nSPS) is 17.9. The summed E-state index contributed by atoms with van der Waals surface area (Å²) in [7, 11) is -3.47. The van der Waals surface area contributed by atoms with Crippen LogP contribution in [0.1, 0.15) is 6.92 Å². The molecule has 0 N–H and O–H groups in total. The van der Waals surface area contributed by atoms with Crippen LogP contribution in [-0.4, -0.2) is 58.2 Å². The van der Waals surface area contributed by atoms with Crippen molar-refractivity contribution in [2.75, 3.05) is 42.6 Å². The highest BCUT2D eigenvalue weighted by Gasteiger charge is 2.47. The summed E-state index contributed by atoms with van der Waals surface area (Å²) in [5.74, 6) is 0.631. The van der Waals surface area contributed by atoms with Gasteiger partial charge in [0.05, 0.1) is 25.1 Å². The van der Waals surface area contributed by atoms with Crippen LogP contribution in [0.15, 0.2) is 18.3 Å². The summed E-state index contributed by atoms with van der Waals surface area (Å²) >= 11 is 0. The van der Waals surface area contributed by atoms with Crippen LogP contribution in [0.3, 0.4) is 0 Å². The van der Waals surface area contributed by atoms with Crippen molar-refractivity contribution in [1.82, 2.24) is 4.98 Å². The Balaban J connectivity index is 2.18. The third kappa shape index (κ3) is 3.86. The zero-order valence-corrected chi connectivity index (χ0v) is 13.6. The van der Waals surface area contributed by atoms with E-state index >= 15 is 0 Å². The minimum absolute atomic E-state index is 0.0816. The maximum Gasteiger partial charge on any atom is 0.407 e. The Kier molecular flexibility index (Phi) is 5.04. The Morgan fingerprint density at radius 1 is 1.30 bits per heavy atom. The number of hydrogen-bond acceptors (Lipinski definition) is 5. The second-order valence-corrected chi connectivity index (χ2v) is 7.46. The van der Waals surface area contributed by atoms with Crippen LogP contribution in [0.5, 0.6) is 0 Å². The number of anilines is 2. The molecule has 1 aromatic heterocycles. The summed E-state index contributed by atoms with van der Waals surface area (Å²) in [6, 6.07) is 3.03. The number of ether oxygens (including phenoxy) is 1. The van der Waals surface area contributed by atoms with Gasteiger partial charge in [0, 0.05) is 20.1 Å². The zero-order chi connectivity index (χ0) is 17.3. The molecular formula is C13H18F3N3O3S. The highest BCUT2D eigenvalue weighted by atomic mass is 32.2. The minimum atomic E-state index is -4.83. The molecular weight excluding hydrogens is 335 g/mol. The second kappa shape index (κ2) is 6.52. The molecule has 0 aromatic carbocycles. The Bertz CT molecular complexity index is 628. The summed E-state index contributed by atoms with van der Waals surface area (Å²) in [5.41, 5.74) is 0.0816. The van der Waals surface area contributed by atoms with Crippen LogP contribution in [0.2, 0.25) is 0 Å². The van der Waals surface area contributed by atoms with Gasteiger partial charge >= 0.3 is 6.18 Å². The molecule has 0 radical (unpaired) electrons. The lowest BCUT2D eigenvalue weighted by Gasteiger charge is -2.28. The Morgan fingerprint density at radius 2 is 1.91 bits per heavy atom. The van der Waals surface area contributed by atoms with E-state index in [0.717, 1.165) is 7.05 Å². The predicted octanol–water partition coefficient (Wildman–Crippen LogP) is 1.64. The number of rotatable bonds is 4. The van der Waals surface area contributed by atoms with Gasteiger partial charge in [0.15, 0.2) is 5.25 Å².